The molecule has 0 spiro atoms. The lowest BCUT2D eigenvalue weighted by atomic mass is 10.1. The van der Waals surface area contributed by atoms with Crippen molar-refractivity contribution in [2.75, 3.05) is 13.6 Å². The monoisotopic (exact) mass is 206 g/mol. The molecule has 3 nitrogen and oxygen atoms in total. The maximum Gasteiger partial charge on any atom is 0.121 e. The van der Waals surface area contributed by atoms with Crippen LogP contribution in [-0.2, 0) is 0 Å². The van der Waals surface area contributed by atoms with Gasteiger partial charge in [0, 0.05) is 13.6 Å². The molecule has 0 saturated carbocycles. The number of hydrogen-bond acceptors (Lipinski definition) is 2. The van der Waals surface area contributed by atoms with Crippen LogP contribution in [0.5, 0.6) is 5.75 Å². The fourth-order valence-corrected chi connectivity index (χ4v) is 1.25. The second-order valence-electron chi connectivity index (χ2n) is 3.75. The third-order valence-electron chi connectivity index (χ3n) is 2.38. The Labute approximate surface area is 91.1 Å². The lowest BCUT2D eigenvalue weighted by Gasteiger charge is -2.09. The molecule has 0 amide bonds. The summed E-state index contributed by atoms with van der Waals surface area (Å²) >= 11 is 0. The van der Waals surface area contributed by atoms with E-state index in [0.717, 1.165) is 23.4 Å². The molecule has 1 aromatic rings. The van der Waals surface area contributed by atoms with Gasteiger partial charge in [-0.05, 0) is 44.0 Å². The van der Waals surface area contributed by atoms with Crippen molar-refractivity contribution < 1.29 is 5.11 Å². The Hall–Kier alpha value is -1.51. The predicted octanol–water partition coefficient (Wildman–Crippen LogP) is 2.62. The maximum absolute atomic E-state index is 9.59. The van der Waals surface area contributed by atoms with Gasteiger partial charge in [-0.2, -0.15) is 0 Å². The van der Waals surface area contributed by atoms with Gasteiger partial charge in [0.1, 0.15) is 5.75 Å². The zero-order chi connectivity index (χ0) is 11.4. The van der Waals surface area contributed by atoms with Gasteiger partial charge in [-0.3, -0.25) is 0 Å². The molecule has 1 N–H and O–H groups in total. The number of nitrogens with zero attached hydrogens (tertiary/aromatic N) is 2. The van der Waals surface area contributed by atoms with Crippen LogP contribution in [0.3, 0.4) is 0 Å². The minimum Gasteiger partial charge on any atom is -0.507 e. The van der Waals surface area contributed by atoms with Crippen molar-refractivity contribution in [2.24, 2.45) is 4.99 Å². The number of aliphatic imine (C=N–C) groups is 1. The fourth-order valence-electron chi connectivity index (χ4n) is 1.25. The minimum absolute atomic E-state index is 0.359. The van der Waals surface area contributed by atoms with Gasteiger partial charge in [0.2, 0.25) is 0 Å². The maximum atomic E-state index is 9.59. The van der Waals surface area contributed by atoms with Gasteiger partial charge in [-0.15, -0.1) is 0 Å². The number of phenols is 1. The van der Waals surface area contributed by atoms with Crippen molar-refractivity contribution in [1.29, 1.82) is 0 Å². The molecular formula is C12H18N2O. The number of benzene rings is 1. The van der Waals surface area contributed by atoms with Crippen LogP contribution in [0.15, 0.2) is 17.1 Å². The molecular weight excluding hydrogens is 188 g/mol. The molecule has 1 rings (SSSR count). The number of aromatic hydroxyl groups is 1. The van der Waals surface area contributed by atoms with Crippen molar-refractivity contribution in [3.63, 3.8) is 0 Å². The van der Waals surface area contributed by atoms with E-state index in [1.54, 1.807) is 6.34 Å². The Kier molecular flexibility index (Phi) is 3.72. The first-order chi connectivity index (χ1) is 7.04. The number of aryl methyl sites for hydroxylation is 2. The standard InChI is InChI=1S/C12H18N2O/c1-5-14(4)8-13-11-6-9(2)12(15)10(3)7-11/h6-8,15H,5H2,1-4H3/b13-8+. The second-order valence-corrected chi connectivity index (χ2v) is 3.75. The zero-order valence-corrected chi connectivity index (χ0v) is 9.78. The third-order valence-corrected chi connectivity index (χ3v) is 2.38. The van der Waals surface area contributed by atoms with Gasteiger partial charge in [0.25, 0.3) is 0 Å². The molecule has 0 saturated heterocycles. The van der Waals surface area contributed by atoms with Gasteiger partial charge in [0.15, 0.2) is 0 Å². The summed E-state index contributed by atoms with van der Waals surface area (Å²) in [6, 6.07) is 3.75. The molecule has 0 heterocycles. The highest BCUT2D eigenvalue weighted by Crippen LogP contribution is 2.26. The van der Waals surface area contributed by atoms with Crippen molar-refractivity contribution in [2.45, 2.75) is 20.8 Å². The van der Waals surface area contributed by atoms with Crippen LogP contribution < -0.4 is 0 Å². The highest BCUT2D eigenvalue weighted by Gasteiger charge is 2.01. The number of hydrogen-bond donors (Lipinski definition) is 1. The van der Waals surface area contributed by atoms with E-state index in [2.05, 4.69) is 11.9 Å². The molecule has 15 heavy (non-hydrogen) atoms. The molecule has 1 aromatic carbocycles. The van der Waals surface area contributed by atoms with E-state index in [1.165, 1.54) is 0 Å². The molecule has 0 atom stereocenters. The Bertz CT molecular complexity index is 349. The molecule has 82 valence electrons. The van der Waals surface area contributed by atoms with Crippen molar-refractivity contribution >= 4 is 12.0 Å². The first-order valence-corrected chi connectivity index (χ1v) is 5.09. The van der Waals surface area contributed by atoms with Crippen molar-refractivity contribution in [3.05, 3.63) is 23.3 Å². The highest BCUT2D eigenvalue weighted by molar-refractivity contribution is 5.63. The van der Waals surface area contributed by atoms with E-state index in [0.29, 0.717) is 5.75 Å². The lowest BCUT2D eigenvalue weighted by molar-refractivity contribution is 0.467. The molecule has 3 heteroatoms. The first kappa shape index (κ1) is 11.6. The van der Waals surface area contributed by atoms with Crippen LogP contribution in [0.25, 0.3) is 0 Å². The van der Waals surface area contributed by atoms with Crippen LogP contribution >= 0.6 is 0 Å². The molecule has 0 radical (unpaired) electrons. The van der Waals surface area contributed by atoms with Crippen molar-refractivity contribution in [3.8, 4) is 5.75 Å². The topological polar surface area (TPSA) is 35.8 Å². The number of rotatable bonds is 3. The summed E-state index contributed by atoms with van der Waals surface area (Å²) in [6.45, 7) is 6.76. The quantitative estimate of drug-likeness (QED) is 0.609. The largest absolute Gasteiger partial charge is 0.507 e. The molecule has 0 aromatic heterocycles. The molecule has 0 bridgehead atoms. The van der Waals surface area contributed by atoms with Gasteiger partial charge < -0.3 is 10.0 Å². The summed E-state index contributed by atoms with van der Waals surface area (Å²) in [5.41, 5.74) is 2.60. The summed E-state index contributed by atoms with van der Waals surface area (Å²) in [5, 5.41) is 9.59. The second kappa shape index (κ2) is 4.82. The lowest BCUT2D eigenvalue weighted by Crippen LogP contribution is -2.14. The summed E-state index contributed by atoms with van der Waals surface area (Å²) in [4.78, 5) is 6.33. The van der Waals surface area contributed by atoms with E-state index < -0.39 is 0 Å². The molecule has 0 aliphatic carbocycles. The van der Waals surface area contributed by atoms with Crippen molar-refractivity contribution in [1.82, 2.24) is 4.90 Å². The summed E-state index contributed by atoms with van der Waals surface area (Å²) in [5.74, 6) is 0.359. The first-order valence-electron chi connectivity index (χ1n) is 5.09. The van der Waals surface area contributed by atoms with E-state index in [-0.39, 0.29) is 0 Å². The normalized spacial score (nSPS) is 10.9. The Morgan fingerprint density at radius 3 is 2.33 bits per heavy atom. The van der Waals surface area contributed by atoms with Crippen LogP contribution in [0.2, 0.25) is 0 Å². The van der Waals surface area contributed by atoms with Gasteiger partial charge in [-0.1, -0.05) is 0 Å². The fraction of sp³-hybridized carbons (Fsp3) is 0.417. The third kappa shape index (κ3) is 2.98. The van der Waals surface area contributed by atoms with E-state index in [9.17, 15) is 5.11 Å². The molecule has 0 unspecified atom stereocenters. The Morgan fingerprint density at radius 2 is 1.87 bits per heavy atom. The summed E-state index contributed by atoms with van der Waals surface area (Å²) in [6.07, 6.45) is 1.80. The van der Waals surface area contributed by atoms with Crippen LogP contribution in [0.1, 0.15) is 18.1 Å². The molecule has 0 fully saturated rings. The zero-order valence-electron chi connectivity index (χ0n) is 9.78. The molecule has 0 aliphatic rings. The van der Waals surface area contributed by atoms with Crippen LogP contribution in [0.4, 0.5) is 5.69 Å². The average molecular weight is 206 g/mol. The SMILES string of the molecule is CCN(C)/C=N/c1cc(C)c(O)c(C)c1. The van der Waals surface area contributed by atoms with Crippen LogP contribution in [-0.4, -0.2) is 29.9 Å². The van der Waals surface area contributed by atoms with Gasteiger partial charge in [0.05, 0.1) is 12.0 Å². The van der Waals surface area contributed by atoms with Gasteiger partial charge >= 0.3 is 0 Å². The summed E-state index contributed by atoms with van der Waals surface area (Å²) < 4.78 is 0. The average Bonchev–Trinajstić information content (AvgIpc) is 2.22. The smallest absolute Gasteiger partial charge is 0.121 e. The highest BCUT2D eigenvalue weighted by atomic mass is 16.3. The predicted molar refractivity (Wildman–Crippen MR) is 64.0 cm³/mol. The number of phenolic OH excluding ortho intramolecular Hbond substituents is 1. The minimum atomic E-state index is 0.359. The van der Waals surface area contributed by atoms with Gasteiger partial charge in [-0.25, -0.2) is 4.99 Å². The van der Waals surface area contributed by atoms with E-state index in [4.69, 9.17) is 0 Å². The van der Waals surface area contributed by atoms with Crippen LogP contribution in [0, 0.1) is 13.8 Å². The Morgan fingerprint density at radius 1 is 1.33 bits per heavy atom. The summed E-state index contributed by atoms with van der Waals surface area (Å²) in [7, 11) is 1.98. The molecule has 0 aliphatic heterocycles. The van der Waals surface area contributed by atoms with E-state index in [1.807, 2.05) is 37.9 Å². The Balaban J connectivity index is 2.92. The van der Waals surface area contributed by atoms with E-state index >= 15 is 0 Å².